The molecule has 1 unspecified atom stereocenters. The van der Waals surface area contributed by atoms with Gasteiger partial charge in [0, 0.05) is 19.2 Å². The van der Waals surface area contributed by atoms with E-state index in [4.69, 9.17) is 0 Å². The van der Waals surface area contributed by atoms with Crippen molar-refractivity contribution in [1.29, 1.82) is 0 Å². The number of hydrogen-bond acceptors (Lipinski definition) is 4. The van der Waals surface area contributed by atoms with E-state index in [0.717, 1.165) is 11.0 Å². The molecule has 0 aliphatic carbocycles. The van der Waals surface area contributed by atoms with E-state index in [1.54, 1.807) is 30.3 Å². The number of carboxylic acid groups (broad SMARTS) is 1. The monoisotopic (exact) mass is 367 g/mol. The highest BCUT2D eigenvalue weighted by Gasteiger charge is 2.36. The van der Waals surface area contributed by atoms with Gasteiger partial charge in [-0.05, 0) is 18.6 Å². The molecule has 1 heterocycles. The highest BCUT2D eigenvalue weighted by atomic mass is 19.4. The largest absolute Gasteiger partial charge is 0.480 e. The number of aryl methyl sites for hydroxylation is 1. The van der Waals surface area contributed by atoms with Crippen LogP contribution in [0.25, 0.3) is 0 Å². The van der Waals surface area contributed by atoms with Gasteiger partial charge >= 0.3 is 12.1 Å². The van der Waals surface area contributed by atoms with Gasteiger partial charge in [-0.2, -0.15) is 13.2 Å². The summed E-state index contributed by atoms with van der Waals surface area (Å²) < 4.78 is 38.5. The van der Waals surface area contributed by atoms with Gasteiger partial charge in [-0.25, -0.2) is 14.8 Å². The van der Waals surface area contributed by atoms with E-state index in [1.807, 2.05) is 0 Å². The number of amides is 1. The van der Waals surface area contributed by atoms with Crippen molar-refractivity contribution in [3.8, 4) is 0 Å². The Morgan fingerprint density at radius 3 is 2.35 bits per heavy atom. The van der Waals surface area contributed by atoms with Crippen molar-refractivity contribution in [3.63, 3.8) is 0 Å². The normalized spacial score (nSPS) is 12.5. The number of nitrogens with zero attached hydrogens (tertiary/aromatic N) is 3. The zero-order valence-corrected chi connectivity index (χ0v) is 14.0. The number of carboxylic acids is 1. The first-order valence-corrected chi connectivity index (χ1v) is 7.56. The zero-order valence-electron chi connectivity index (χ0n) is 14.0. The van der Waals surface area contributed by atoms with E-state index < -0.39 is 35.6 Å². The first kappa shape index (κ1) is 19.4. The van der Waals surface area contributed by atoms with Gasteiger partial charge in [0.15, 0.2) is 0 Å². The maximum Gasteiger partial charge on any atom is 0.451 e. The molecule has 0 aliphatic rings. The molecule has 0 aliphatic heterocycles. The summed E-state index contributed by atoms with van der Waals surface area (Å²) in [7, 11) is 1.22. The van der Waals surface area contributed by atoms with Crippen molar-refractivity contribution in [2.45, 2.75) is 25.6 Å². The van der Waals surface area contributed by atoms with Crippen LogP contribution in [0.5, 0.6) is 0 Å². The molecule has 1 aromatic carbocycles. The quantitative estimate of drug-likeness (QED) is 0.878. The Hall–Kier alpha value is -2.97. The van der Waals surface area contributed by atoms with Gasteiger partial charge in [0.2, 0.25) is 5.82 Å². The van der Waals surface area contributed by atoms with Crippen LogP contribution in [0, 0.1) is 6.92 Å². The fourth-order valence-electron chi connectivity index (χ4n) is 2.35. The van der Waals surface area contributed by atoms with Crippen molar-refractivity contribution in [2.75, 3.05) is 7.05 Å². The molecule has 1 aromatic heterocycles. The number of benzene rings is 1. The van der Waals surface area contributed by atoms with E-state index in [1.165, 1.54) is 14.0 Å². The minimum absolute atomic E-state index is 0.00854. The second-order valence-electron chi connectivity index (χ2n) is 5.68. The van der Waals surface area contributed by atoms with Gasteiger partial charge in [0.1, 0.15) is 11.7 Å². The smallest absolute Gasteiger partial charge is 0.451 e. The van der Waals surface area contributed by atoms with Crippen LogP contribution in [0.1, 0.15) is 27.6 Å². The highest BCUT2D eigenvalue weighted by molar-refractivity contribution is 5.95. The van der Waals surface area contributed by atoms with E-state index in [2.05, 4.69) is 9.97 Å². The van der Waals surface area contributed by atoms with Crippen LogP contribution in [-0.4, -0.2) is 44.9 Å². The van der Waals surface area contributed by atoms with Gasteiger partial charge in [-0.3, -0.25) is 4.79 Å². The number of likely N-dealkylation sites (N-methyl/N-ethyl adjacent to an activating group) is 1. The lowest BCUT2D eigenvalue weighted by Crippen LogP contribution is -2.44. The van der Waals surface area contributed by atoms with Gasteiger partial charge < -0.3 is 10.0 Å². The summed E-state index contributed by atoms with van der Waals surface area (Å²) in [6.07, 6.45) is -4.80. The average molecular weight is 367 g/mol. The molecule has 0 spiro atoms. The zero-order chi connectivity index (χ0) is 19.5. The minimum Gasteiger partial charge on any atom is -0.480 e. The highest BCUT2D eigenvalue weighted by Crippen LogP contribution is 2.26. The van der Waals surface area contributed by atoms with Gasteiger partial charge in [0.25, 0.3) is 5.91 Å². The van der Waals surface area contributed by atoms with E-state index >= 15 is 0 Å². The molecule has 0 radical (unpaired) electrons. The second kappa shape index (κ2) is 7.51. The third-order valence-electron chi connectivity index (χ3n) is 3.67. The van der Waals surface area contributed by atoms with E-state index in [9.17, 15) is 27.9 Å². The molecule has 2 rings (SSSR count). The molecule has 9 heteroatoms. The lowest BCUT2D eigenvalue weighted by atomic mass is 10.0. The third-order valence-corrected chi connectivity index (χ3v) is 3.67. The Morgan fingerprint density at radius 1 is 1.19 bits per heavy atom. The van der Waals surface area contributed by atoms with Gasteiger partial charge in [-0.1, -0.05) is 30.3 Å². The van der Waals surface area contributed by atoms with Crippen LogP contribution < -0.4 is 0 Å². The van der Waals surface area contributed by atoms with Crippen molar-refractivity contribution in [1.82, 2.24) is 14.9 Å². The molecular formula is C17H16F3N3O3. The predicted octanol–water partition coefficient (Wildman–Crippen LogP) is 2.57. The summed E-state index contributed by atoms with van der Waals surface area (Å²) in [6, 6.07) is 8.44. The van der Waals surface area contributed by atoms with E-state index in [-0.39, 0.29) is 12.1 Å². The first-order chi connectivity index (χ1) is 12.1. The number of hydrogen-bond donors (Lipinski definition) is 1. The minimum atomic E-state index is -4.81. The summed E-state index contributed by atoms with van der Waals surface area (Å²) >= 11 is 0. The molecule has 0 saturated heterocycles. The molecule has 138 valence electrons. The summed E-state index contributed by atoms with van der Waals surface area (Å²) in [5.74, 6) is -3.64. The number of carbonyl (C=O) groups excluding carboxylic acids is 1. The maximum atomic E-state index is 12.8. The number of rotatable bonds is 5. The van der Waals surface area contributed by atoms with Crippen LogP contribution in [-0.2, 0) is 17.4 Å². The fourth-order valence-corrected chi connectivity index (χ4v) is 2.35. The standard InChI is InChI=1S/C17H16F3N3O3/c1-10-8-12(22-16(21-10)17(18,19)20)14(24)23(2)13(15(25)26)9-11-6-4-3-5-7-11/h3-8,13H,9H2,1-2H3,(H,25,26). The van der Waals surface area contributed by atoms with Crippen LogP contribution in [0.4, 0.5) is 13.2 Å². The van der Waals surface area contributed by atoms with Crippen molar-refractivity contribution in [2.24, 2.45) is 0 Å². The Labute approximate surface area is 147 Å². The fraction of sp³-hybridized carbons (Fsp3) is 0.294. The Kier molecular flexibility index (Phi) is 5.59. The number of carbonyl (C=O) groups is 2. The molecule has 1 atom stereocenters. The SMILES string of the molecule is Cc1cc(C(=O)N(C)C(Cc2ccccc2)C(=O)O)nc(C(F)(F)F)n1. The van der Waals surface area contributed by atoms with Gasteiger partial charge in [-0.15, -0.1) is 0 Å². The summed E-state index contributed by atoms with van der Waals surface area (Å²) in [5, 5.41) is 9.43. The topological polar surface area (TPSA) is 83.4 Å². The predicted molar refractivity (Wildman–Crippen MR) is 85.4 cm³/mol. The summed E-state index contributed by atoms with van der Waals surface area (Å²) in [4.78, 5) is 31.5. The van der Waals surface area contributed by atoms with Crippen LogP contribution in [0.2, 0.25) is 0 Å². The number of alkyl halides is 3. The van der Waals surface area contributed by atoms with Crippen molar-refractivity contribution < 1.29 is 27.9 Å². The Bertz CT molecular complexity index is 810. The van der Waals surface area contributed by atoms with Crippen LogP contribution in [0.3, 0.4) is 0 Å². The third kappa shape index (κ3) is 4.56. The second-order valence-corrected chi connectivity index (χ2v) is 5.68. The average Bonchev–Trinajstić information content (AvgIpc) is 2.57. The first-order valence-electron chi connectivity index (χ1n) is 7.56. The lowest BCUT2D eigenvalue weighted by molar-refractivity contribution is -0.145. The number of aromatic nitrogens is 2. The molecule has 26 heavy (non-hydrogen) atoms. The van der Waals surface area contributed by atoms with Crippen molar-refractivity contribution >= 4 is 11.9 Å². The van der Waals surface area contributed by atoms with Gasteiger partial charge in [0.05, 0.1) is 0 Å². The molecular weight excluding hydrogens is 351 g/mol. The molecule has 0 bridgehead atoms. The van der Waals surface area contributed by atoms with E-state index in [0.29, 0.717) is 5.56 Å². The summed E-state index contributed by atoms with van der Waals surface area (Å²) in [6.45, 7) is 1.30. The molecule has 6 nitrogen and oxygen atoms in total. The molecule has 1 amide bonds. The molecule has 0 saturated carbocycles. The number of aliphatic carboxylic acids is 1. The van der Waals surface area contributed by atoms with Crippen LogP contribution in [0.15, 0.2) is 36.4 Å². The maximum absolute atomic E-state index is 12.8. The molecule has 0 fully saturated rings. The Balaban J connectivity index is 2.32. The van der Waals surface area contributed by atoms with Crippen LogP contribution >= 0.6 is 0 Å². The molecule has 2 aromatic rings. The summed E-state index contributed by atoms with van der Waals surface area (Å²) in [5.41, 5.74) is 0.125. The lowest BCUT2D eigenvalue weighted by Gasteiger charge is -2.25. The Morgan fingerprint density at radius 2 is 1.81 bits per heavy atom. The van der Waals surface area contributed by atoms with Crippen molar-refractivity contribution in [3.05, 3.63) is 59.2 Å². The molecule has 1 N–H and O–H groups in total. The number of halogens is 3.